The smallest absolute Gasteiger partial charge is 0.326 e. The molecule has 1 heterocycles. The lowest BCUT2D eigenvalue weighted by Gasteiger charge is -2.15. The molecule has 18 heavy (non-hydrogen) atoms. The van der Waals surface area contributed by atoms with Gasteiger partial charge in [0.2, 0.25) is 0 Å². The van der Waals surface area contributed by atoms with Crippen LogP contribution in [0.3, 0.4) is 0 Å². The minimum Gasteiger partial charge on any atom is -0.480 e. The Morgan fingerprint density at radius 1 is 1.67 bits per heavy atom. The van der Waals surface area contributed by atoms with Gasteiger partial charge in [0.15, 0.2) is 0 Å². The third-order valence-electron chi connectivity index (χ3n) is 3.19. The van der Waals surface area contributed by atoms with Crippen LogP contribution >= 0.6 is 0 Å². The molecule has 0 amide bonds. The molecule has 1 atom stereocenters. The van der Waals surface area contributed by atoms with Crippen molar-refractivity contribution in [1.82, 2.24) is 4.98 Å². The summed E-state index contributed by atoms with van der Waals surface area (Å²) >= 11 is 0. The van der Waals surface area contributed by atoms with Gasteiger partial charge in [0, 0.05) is 5.69 Å². The lowest BCUT2D eigenvalue weighted by molar-refractivity contribution is -0.137. The second-order valence-electron chi connectivity index (χ2n) is 4.40. The van der Waals surface area contributed by atoms with E-state index in [1.165, 1.54) is 0 Å². The molecule has 0 fully saturated rings. The van der Waals surface area contributed by atoms with Crippen LogP contribution in [0.4, 0.5) is 5.82 Å². The molecule has 2 rings (SSSR count). The van der Waals surface area contributed by atoms with E-state index in [1.54, 1.807) is 6.92 Å². The topological polar surface area (TPSA) is 86.0 Å². The van der Waals surface area contributed by atoms with Crippen molar-refractivity contribution in [3.05, 3.63) is 22.9 Å². The van der Waals surface area contributed by atoms with E-state index in [-0.39, 0.29) is 0 Å². The quantitative estimate of drug-likeness (QED) is 0.843. The van der Waals surface area contributed by atoms with E-state index >= 15 is 0 Å². The number of carbonyl (C=O) groups is 1. The molecule has 0 aliphatic heterocycles. The van der Waals surface area contributed by atoms with Crippen molar-refractivity contribution in [2.75, 3.05) is 5.32 Å². The summed E-state index contributed by atoms with van der Waals surface area (Å²) in [6.07, 6.45) is 3.35. The Labute approximate surface area is 105 Å². The zero-order chi connectivity index (χ0) is 13.1. The van der Waals surface area contributed by atoms with E-state index < -0.39 is 12.0 Å². The first kappa shape index (κ1) is 12.4. The van der Waals surface area contributed by atoms with Gasteiger partial charge >= 0.3 is 5.97 Å². The van der Waals surface area contributed by atoms with Crippen molar-refractivity contribution >= 4 is 11.8 Å². The SMILES string of the molecule is CCC(Nc1nc2c(cc1C#N)CCC2)C(=O)O. The second kappa shape index (κ2) is 5.05. The monoisotopic (exact) mass is 245 g/mol. The summed E-state index contributed by atoms with van der Waals surface area (Å²) in [6, 6.07) is 3.20. The molecule has 0 saturated carbocycles. The van der Waals surface area contributed by atoms with E-state index in [0.717, 1.165) is 30.5 Å². The Morgan fingerprint density at radius 3 is 3.06 bits per heavy atom. The normalized spacial score (nSPS) is 14.7. The number of pyridine rings is 1. The van der Waals surface area contributed by atoms with Crippen LogP contribution in [0.1, 0.15) is 36.6 Å². The van der Waals surface area contributed by atoms with Gasteiger partial charge < -0.3 is 10.4 Å². The Bertz CT molecular complexity index is 520. The molecule has 1 unspecified atom stereocenters. The summed E-state index contributed by atoms with van der Waals surface area (Å²) in [5.41, 5.74) is 2.52. The van der Waals surface area contributed by atoms with E-state index in [1.807, 2.05) is 6.07 Å². The molecule has 1 aliphatic rings. The number of aliphatic carboxylic acids is 1. The lowest BCUT2D eigenvalue weighted by Crippen LogP contribution is -2.29. The minimum atomic E-state index is -0.927. The summed E-state index contributed by atoms with van der Waals surface area (Å²) < 4.78 is 0. The molecule has 94 valence electrons. The lowest BCUT2D eigenvalue weighted by atomic mass is 10.1. The summed E-state index contributed by atoms with van der Waals surface area (Å²) in [5, 5.41) is 21.0. The number of aromatic nitrogens is 1. The van der Waals surface area contributed by atoms with Crippen molar-refractivity contribution in [3.8, 4) is 6.07 Å². The van der Waals surface area contributed by atoms with Crippen LogP contribution < -0.4 is 5.32 Å². The van der Waals surface area contributed by atoms with Crippen molar-refractivity contribution in [2.45, 2.75) is 38.6 Å². The molecule has 2 N–H and O–H groups in total. The highest BCUT2D eigenvalue weighted by Gasteiger charge is 2.20. The largest absolute Gasteiger partial charge is 0.480 e. The number of nitrogens with zero attached hydrogens (tertiary/aromatic N) is 2. The highest BCUT2D eigenvalue weighted by atomic mass is 16.4. The number of fused-ring (bicyclic) bond motifs is 1. The number of hydrogen-bond donors (Lipinski definition) is 2. The molecule has 0 saturated heterocycles. The summed E-state index contributed by atoms with van der Waals surface area (Å²) in [4.78, 5) is 15.4. The van der Waals surface area contributed by atoms with E-state index in [9.17, 15) is 4.79 Å². The molecule has 5 nitrogen and oxygen atoms in total. The highest BCUT2D eigenvalue weighted by molar-refractivity contribution is 5.77. The Morgan fingerprint density at radius 2 is 2.44 bits per heavy atom. The first-order chi connectivity index (χ1) is 8.65. The maximum atomic E-state index is 11.0. The number of nitriles is 1. The zero-order valence-electron chi connectivity index (χ0n) is 10.2. The number of nitrogens with one attached hydrogen (secondary N) is 1. The maximum absolute atomic E-state index is 11.0. The molecule has 0 radical (unpaired) electrons. The summed E-state index contributed by atoms with van der Waals surface area (Å²) in [6.45, 7) is 1.78. The average Bonchev–Trinajstić information content (AvgIpc) is 2.81. The fourth-order valence-corrected chi connectivity index (χ4v) is 2.17. The average molecular weight is 245 g/mol. The number of hydrogen-bond acceptors (Lipinski definition) is 4. The van der Waals surface area contributed by atoms with Crippen molar-refractivity contribution in [1.29, 1.82) is 5.26 Å². The standard InChI is InChI=1S/C13H15N3O2/c1-2-10(13(17)18)15-12-9(7-14)6-8-4-3-5-11(8)16-12/h6,10H,2-5H2,1H3,(H,15,16)(H,17,18). The predicted octanol–water partition coefficient (Wildman–Crippen LogP) is 1.72. The molecular weight excluding hydrogens is 230 g/mol. The summed E-state index contributed by atoms with van der Waals surface area (Å²) in [7, 11) is 0. The van der Waals surface area contributed by atoms with Gasteiger partial charge in [-0.3, -0.25) is 0 Å². The number of aryl methyl sites for hydroxylation is 2. The molecule has 0 spiro atoms. The van der Waals surface area contributed by atoms with Gasteiger partial charge in [0.05, 0.1) is 5.56 Å². The van der Waals surface area contributed by atoms with Gasteiger partial charge in [0.1, 0.15) is 17.9 Å². The van der Waals surface area contributed by atoms with Crippen LogP contribution in [0.5, 0.6) is 0 Å². The number of carboxylic acid groups (broad SMARTS) is 1. The maximum Gasteiger partial charge on any atom is 0.326 e. The predicted molar refractivity (Wildman–Crippen MR) is 66.3 cm³/mol. The van der Waals surface area contributed by atoms with Gasteiger partial charge in [-0.25, -0.2) is 9.78 Å². The first-order valence-corrected chi connectivity index (χ1v) is 6.08. The van der Waals surface area contributed by atoms with E-state index in [0.29, 0.717) is 17.8 Å². The number of rotatable bonds is 4. The molecule has 1 aliphatic carbocycles. The number of anilines is 1. The fourth-order valence-electron chi connectivity index (χ4n) is 2.17. The Balaban J connectivity index is 2.32. The molecular formula is C13H15N3O2. The number of carboxylic acids is 1. The summed E-state index contributed by atoms with van der Waals surface area (Å²) in [5.74, 6) is -0.531. The van der Waals surface area contributed by atoms with Crippen LogP contribution in [0.2, 0.25) is 0 Å². The van der Waals surface area contributed by atoms with Crippen LogP contribution in [0.25, 0.3) is 0 Å². The molecule has 1 aromatic rings. The van der Waals surface area contributed by atoms with E-state index in [2.05, 4.69) is 16.4 Å². The van der Waals surface area contributed by atoms with E-state index in [4.69, 9.17) is 10.4 Å². The third-order valence-corrected chi connectivity index (χ3v) is 3.19. The first-order valence-electron chi connectivity index (χ1n) is 6.08. The van der Waals surface area contributed by atoms with Gasteiger partial charge in [-0.1, -0.05) is 6.92 Å². The van der Waals surface area contributed by atoms with Crippen LogP contribution in [0, 0.1) is 11.3 Å². The molecule has 5 heteroatoms. The van der Waals surface area contributed by atoms with Crippen molar-refractivity contribution in [2.24, 2.45) is 0 Å². The van der Waals surface area contributed by atoms with Crippen molar-refractivity contribution in [3.63, 3.8) is 0 Å². The van der Waals surface area contributed by atoms with Gasteiger partial charge in [-0.2, -0.15) is 5.26 Å². The van der Waals surface area contributed by atoms with Crippen molar-refractivity contribution < 1.29 is 9.90 Å². The molecule has 0 bridgehead atoms. The third kappa shape index (κ3) is 2.28. The van der Waals surface area contributed by atoms with Gasteiger partial charge in [-0.05, 0) is 37.3 Å². The van der Waals surface area contributed by atoms with Gasteiger partial charge in [-0.15, -0.1) is 0 Å². The zero-order valence-corrected chi connectivity index (χ0v) is 10.2. The Hall–Kier alpha value is -2.09. The minimum absolute atomic E-state index is 0.396. The Kier molecular flexibility index (Phi) is 3.47. The molecule has 1 aromatic heterocycles. The van der Waals surface area contributed by atoms with Crippen LogP contribution in [-0.2, 0) is 17.6 Å². The fraction of sp³-hybridized carbons (Fsp3) is 0.462. The molecule has 0 aromatic carbocycles. The van der Waals surface area contributed by atoms with Crippen LogP contribution in [-0.4, -0.2) is 22.1 Å². The second-order valence-corrected chi connectivity index (χ2v) is 4.40. The van der Waals surface area contributed by atoms with Crippen LogP contribution in [0.15, 0.2) is 6.07 Å². The highest BCUT2D eigenvalue weighted by Crippen LogP contribution is 2.25. The van der Waals surface area contributed by atoms with Gasteiger partial charge in [0.25, 0.3) is 0 Å².